The number of pyridine rings is 1. The van der Waals surface area contributed by atoms with Crippen LogP contribution in [0, 0.1) is 11.3 Å². The van der Waals surface area contributed by atoms with E-state index in [1.165, 1.54) is 0 Å². The number of aromatic nitrogens is 1. The molecule has 0 aliphatic carbocycles. The minimum Gasteiger partial charge on any atom is -0.383 e. The number of hydrogen-bond donors (Lipinski definition) is 1. The van der Waals surface area contributed by atoms with Gasteiger partial charge in [0.25, 0.3) is 6.43 Å². The molecule has 68 valence electrons. The Morgan fingerprint density at radius 2 is 2.23 bits per heavy atom. The highest BCUT2D eigenvalue weighted by Gasteiger charge is 2.17. The Hall–Kier alpha value is -1.22. The van der Waals surface area contributed by atoms with E-state index in [-0.39, 0.29) is 16.0 Å². The third-order valence-corrected chi connectivity index (χ3v) is 1.80. The molecule has 3 nitrogen and oxygen atoms in total. The largest absolute Gasteiger partial charge is 0.383 e. The molecule has 6 heteroatoms. The highest BCUT2D eigenvalue weighted by Crippen LogP contribution is 2.27. The fourth-order valence-electron chi connectivity index (χ4n) is 0.846. The molecule has 0 amide bonds. The lowest BCUT2D eigenvalue weighted by atomic mass is 10.1. The summed E-state index contributed by atoms with van der Waals surface area (Å²) >= 11 is 2.91. The monoisotopic (exact) mass is 247 g/mol. The molecule has 13 heavy (non-hydrogen) atoms. The van der Waals surface area contributed by atoms with E-state index in [0.29, 0.717) is 0 Å². The van der Waals surface area contributed by atoms with Crippen molar-refractivity contribution in [1.82, 2.24) is 4.98 Å². The molecule has 1 heterocycles. The number of nitrogen functional groups attached to an aromatic ring is 1. The zero-order valence-electron chi connectivity index (χ0n) is 6.26. The molecule has 0 bridgehead atoms. The van der Waals surface area contributed by atoms with Gasteiger partial charge >= 0.3 is 0 Å². The van der Waals surface area contributed by atoms with Gasteiger partial charge in [0.1, 0.15) is 22.1 Å². The summed E-state index contributed by atoms with van der Waals surface area (Å²) in [7, 11) is 0. The molecule has 0 spiro atoms. The van der Waals surface area contributed by atoms with E-state index in [2.05, 4.69) is 20.9 Å². The SMILES string of the molecule is N#Cc1c(C(F)F)cc(Br)nc1N. The highest BCUT2D eigenvalue weighted by atomic mass is 79.9. The van der Waals surface area contributed by atoms with Gasteiger partial charge in [0.15, 0.2) is 0 Å². The lowest BCUT2D eigenvalue weighted by molar-refractivity contribution is 0.151. The number of nitriles is 1. The van der Waals surface area contributed by atoms with Gasteiger partial charge in [-0.05, 0) is 22.0 Å². The summed E-state index contributed by atoms with van der Waals surface area (Å²) in [6.45, 7) is 0. The van der Waals surface area contributed by atoms with Crippen molar-refractivity contribution in [2.75, 3.05) is 5.73 Å². The third-order valence-electron chi connectivity index (χ3n) is 1.39. The molecule has 0 fully saturated rings. The maximum atomic E-state index is 12.3. The zero-order chi connectivity index (χ0) is 10.0. The number of rotatable bonds is 1. The summed E-state index contributed by atoms with van der Waals surface area (Å²) in [6, 6.07) is 2.67. The Morgan fingerprint density at radius 1 is 1.62 bits per heavy atom. The fourth-order valence-corrected chi connectivity index (χ4v) is 1.28. The first-order chi connectivity index (χ1) is 6.06. The predicted octanol–water partition coefficient (Wildman–Crippen LogP) is 2.24. The second-order valence-corrected chi connectivity index (χ2v) is 3.02. The van der Waals surface area contributed by atoms with Crippen LogP contribution in [-0.4, -0.2) is 4.98 Å². The average molecular weight is 248 g/mol. The van der Waals surface area contributed by atoms with Gasteiger partial charge < -0.3 is 5.73 Å². The van der Waals surface area contributed by atoms with Crippen LogP contribution in [0.1, 0.15) is 17.6 Å². The fraction of sp³-hybridized carbons (Fsp3) is 0.143. The first kappa shape index (κ1) is 9.86. The number of halogens is 3. The minimum atomic E-state index is -2.73. The van der Waals surface area contributed by atoms with E-state index in [0.717, 1.165) is 6.07 Å². The van der Waals surface area contributed by atoms with Crippen molar-refractivity contribution >= 4 is 21.7 Å². The summed E-state index contributed by atoms with van der Waals surface area (Å²) in [5.74, 6) is -0.188. The Bertz CT molecular complexity index is 373. The van der Waals surface area contributed by atoms with Crippen molar-refractivity contribution in [2.24, 2.45) is 0 Å². The summed E-state index contributed by atoms with van der Waals surface area (Å²) in [4.78, 5) is 3.63. The number of nitrogens with zero attached hydrogens (tertiary/aromatic N) is 2. The molecule has 0 saturated heterocycles. The first-order valence-corrected chi connectivity index (χ1v) is 3.99. The number of alkyl halides is 2. The first-order valence-electron chi connectivity index (χ1n) is 3.20. The third kappa shape index (κ3) is 1.92. The van der Waals surface area contributed by atoms with Crippen LogP contribution in [0.25, 0.3) is 0 Å². The Kier molecular flexibility index (Phi) is 2.78. The van der Waals surface area contributed by atoms with Crippen LogP contribution < -0.4 is 5.73 Å². The molecule has 0 saturated carbocycles. The van der Waals surface area contributed by atoms with E-state index in [9.17, 15) is 8.78 Å². The van der Waals surface area contributed by atoms with E-state index in [1.54, 1.807) is 6.07 Å². The molecule has 0 radical (unpaired) electrons. The molecule has 0 aromatic carbocycles. The standard InChI is InChI=1S/C7H4BrF2N3/c8-5-1-3(6(9)10)4(2-11)7(12)13-5/h1,6H,(H2,12,13). The summed E-state index contributed by atoms with van der Waals surface area (Å²) in [6.07, 6.45) is -2.73. The van der Waals surface area contributed by atoms with E-state index in [4.69, 9.17) is 11.0 Å². The Labute approximate surface area is 81.3 Å². The molecule has 0 atom stereocenters. The number of nitrogens with two attached hydrogens (primary N) is 1. The minimum absolute atomic E-state index is 0.188. The molecule has 1 aromatic heterocycles. The lowest BCUT2D eigenvalue weighted by Crippen LogP contribution is -2.00. The van der Waals surface area contributed by atoms with Crippen LogP contribution in [0.4, 0.5) is 14.6 Å². The van der Waals surface area contributed by atoms with Gasteiger partial charge in [0.2, 0.25) is 0 Å². The molecule has 1 aromatic rings. The van der Waals surface area contributed by atoms with Crippen molar-refractivity contribution in [3.05, 3.63) is 21.8 Å². The zero-order valence-corrected chi connectivity index (χ0v) is 7.85. The number of hydrogen-bond acceptors (Lipinski definition) is 3. The summed E-state index contributed by atoms with van der Waals surface area (Å²) < 4.78 is 24.8. The lowest BCUT2D eigenvalue weighted by Gasteiger charge is -2.04. The van der Waals surface area contributed by atoms with Crippen molar-refractivity contribution < 1.29 is 8.78 Å². The molecule has 0 aliphatic rings. The van der Waals surface area contributed by atoms with Gasteiger partial charge in [-0.1, -0.05) is 0 Å². The molecular formula is C7H4BrF2N3. The van der Waals surface area contributed by atoms with E-state index >= 15 is 0 Å². The van der Waals surface area contributed by atoms with Crippen LogP contribution in [-0.2, 0) is 0 Å². The molecule has 1 rings (SSSR count). The van der Waals surface area contributed by atoms with Crippen molar-refractivity contribution in [3.8, 4) is 6.07 Å². The van der Waals surface area contributed by atoms with Gasteiger partial charge in [0, 0.05) is 5.56 Å². The second kappa shape index (κ2) is 3.66. The van der Waals surface area contributed by atoms with Crippen LogP contribution in [0.15, 0.2) is 10.7 Å². The molecule has 0 aliphatic heterocycles. The van der Waals surface area contributed by atoms with E-state index < -0.39 is 12.0 Å². The van der Waals surface area contributed by atoms with Crippen molar-refractivity contribution in [2.45, 2.75) is 6.43 Å². The van der Waals surface area contributed by atoms with Crippen molar-refractivity contribution in [1.29, 1.82) is 5.26 Å². The predicted molar refractivity (Wildman–Crippen MR) is 46.0 cm³/mol. The molecule has 0 unspecified atom stereocenters. The molecular weight excluding hydrogens is 244 g/mol. The summed E-state index contributed by atoms with van der Waals surface area (Å²) in [5.41, 5.74) is 4.61. The van der Waals surface area contributed by atoms with Gasteiger partial charge in [-0.3, -0.25) is 0 Å². The van der Waals surface area contributed by atoms with Gasteiger partial charge in [-0.25, -0.2) is 13.8 Å². The average Bonchev–Trinajstić information content (AvgIpc) is 2.02. The quantitative estimate of drug-likeness (QED) is 0.775. The Morgan fingerprint density at radius 3 is 2.69 bits per heavy atom. The van der Waals surface area contributed by atoms with Gasteiger partial charge in [-0.2, -0.15) is 5.26 Å². The topological polar surface area (TPSA) is 62.7 Å². The normalized spacial score (nSPS) is 10.1. The Balaban J connectivity index is 3.41. The second-order valence-electron chi connectivity index (χ2n) is 2.21. The van der Waals surface area contributed by atoms with Crippen LogP contribution >= 0.6 is 15.9 Å². The van der Waals surface area contributed by atoms with Gasteiger partial charge in [0.05, 0.1) is 0 Å². The van der Waals surface area contributed by atoms with Gasteiger partial charge in [-0.15, -0.1) is 0 Å². The molecule has 2 N–H and O–H groups in total. The maximum Gasteiger partial charge on any atom is 0.265 e. The maximum absolute atomic E-state index is 12.3. The van der Waals surface area contributed by atoms with Crippen LogP contribution in [0.3, 0.4) is 0 Å². The van der Waals surface area contributed by atoms with Crippen LogP contribution in [0.2, 0.25) is 0 Å². The van der Waals surface area contributed by atoms with Crippen molar-refractivity contribution in [3.63, 3.8) is 0 Å². The summed E-state index contributed by atoms with van der Waals surface area (Å²) in [5, 5.41) is 8.52. The van der Waals surface area contributed by atoms with Crippen LogP contribution in [0.5, 0.6) is 0 Å². The number of anilines is 1. The highest BCUT2D eigenvalue weighted by molar-refractivity contribution is 9.10. The smallest absolute Gasteiger partial charge is 0.265 e. The van der Waals surface area contributed by atoms with E-state index in [1.807, 2.05) is 0 Å².